The normalized spacial score (nSPS) is 23.8. The molecule has 2 atom stereocenters. The van der Waals surface area contributed by atoms with Gasteiger partial charge >= 0.3 is 0 Å². The van der Waals surface area contributed by atoms with Crippen LogP contribution in [0, 0.1) is 11.6 Å². The first-order valence-electron chi connectivity index (χ1n) is 7.04. The van der Waals surface area contributed by atoms with Crippen LogP contribution in [0.4, 0.5) is 8.78 Å². The number of benzene rings is 1. The molecule has 0 aliphatic carbocycles. The highest BCUT2D eigenvalue weighted by atomic mass is 19.1. The van der Waals surface area contributed by atoms with Crippen LogP contribution in [0.3, 0.4) is 0 Å². The Morgan fingerprint density at radius 3 is 2.80 bits per heavy atom. The highest BCUT2D eigenvalue weighted by Gasteiger charge is 2.33. The number of carbonyl (C=O) groups is 1. The first-order valence-corrected chi connectivity index (χ1v) is 7.04. The SMILES string of the molecule is CCCN1C(=O)CCCC(N)C1c1ccc(F)cc1F. The van der Waals surface area contributed by atoms with Crippen molar-refractivity contribution in [2.75, 3.05) is 6.54 Å². The van der Waals surface area contributed by atoms with E-state index >= 15 is 0 Å². The average molecular weight is 282 g/mol. The molecule has 5 heteroatoms. The largest absolute Gasteiger partial charge is 0.334 e. The summed E-state index contributed by atoms with van der Waals surface area (Å²) in [6.45, 7) is 2.50. The quantitative estimate of drug-likeness (QED) is 0.926. The number of carbonyl (C=O) groups excluding carboxylic acids is 1. The van der Waals surface area contributed by atoms with E-state index in [0.29, 0.717) is 31.4 Å². The Morgan fingerprint density at radius 1 is 1.40 bits per heavy atom. The molecule has 1 amide bonds. The topological polar surface area (TPSA) is 46.3 Å². The van der Waals surface area contributed by atoms with Gasteiger partial charge in [-0.05, 0) is 25.3 Å². The summed E-state index contributed by atoms with van der Waals surface area (Å²) < 4.78 is 27.1. The van der Waals surface area contributed by atoms with E-state index in [2.05, 4.69) is 0 Å². The van der Waals surface area contributed by atoms with E-state index in [1.165, 1.54) is 12.1 Å². The van der Waals surface area contributed by atoms with Gasteiger partial charge in [0.05, 0.1) is 6.04 Å². The third-order valence-electron chi connectivity index (χ3n) is 3.74. The van der Waals surface area contributed by atoms with Crippen LogP contribution in [0.1, 0.15) is 44.2 Å². The summed E-state index contributed by atoms with van der Waals surface area (Å²) in [6, 6.07) is 2.63. The van der Waals surface area contributed by atoms with E-state index in [-0.39, 0.29) is 11.9 Å². The van der Waals surface area contributed by atoms with Gasteiger partial charge in [-0.2, -0.15) is 0 Å². The lowest BCUT2D eigenvalue weighted by Crippen LogP contribution is -2.43. The molecule has 2 unspecified atom stereocenters. The summed E-state index contributed by atoms with van der Waals surface area (Å²) in [5, 5.41) is 0. The molecule has 1 aromatic rings. The zero-order valence-corrected chi connectivity index (χ0v) is 11.6. The number of hydrogen-bond donors (Lipinski definition) is 1. The van der Waals surface area contributed by atoms with E-state index in [1.807, 2.05) is 6.92 Å². The molecule has 2 rings (SSSR count). The standard InChI is InChI=1S/C15H20F2N2O/c1-2-8-19-14(20)5-3-4-13(18)15(19)11-7-6-10(16)9-12(11)17/h6-7,9,13,15H,2-5,8,18H2,1H3. The number of amides is 1. The van der Waals surface area contributed by atoms with E-state index in [4.69, 9.17) is 5.73 Å². The monoisotopic (exact) mass is 282 g/mol. The van der Waals surface area contributed by atoms with Gasteiger partial charge in [0.1, 0.15) is 11.6 Å². The Balaban J connectivity index is 2.42. The van der Waals surface area contributed by atoms with Gasteiger partial charge < -0.3 is 10.6 Å². The predicted molar refractivity (Wildman–Crippen MR) is 72.9 cm³/mol. The highest BCUT2D eigenvalue weighted by Crippen LogP contribution is 2.32. The van der Waals surface area contributed by atoms with Gasteiger partial charge in [-0.25, -0.2) is 8.78 Å². The van der Waals surface area contributed by atoms with Crippen LogP contribution in [0.5, 0.6) is 0 Å². The molecular formula is C15H20F2N2O. The fourth-order valence-corrected chi connectivity index (χ4v) is 2.82. The van der Waals surface area contributed by atoms with Crippen molar-refractivity contribution in [3.05, 3.63) is 35.4 Å². The number of halogens is 2. The third kappa shape index (κ3) is 2.98. The zero-order chi connectivity index (χ0) is 14.7. The minimum atomic E-state index is -0.638. The second-order valence-electron chi connectivity index (χ2n) is 5.25. The maximum absolute atomic E-state index is 14.0. The minimum absolute atomic E-state index is 0.00600. The predicted octanol–water partition coefficient (Wildman–Crippen LogP) is 2.76. The number of likely N-dealkylation sites (tertiary alicyclic amines) is 1. The Hall–Kier alpha value is -1.49. The molecule has 0 radical (unpaired) electrons. The summed E-state index contributed by atoms with van der Waals surface area (Å²) in [7, 11) is 0. The summed E-state index contributed by atoms with van der Waals surface area (Å²) in [4.78, 5) is 13.8. The van der Waals surface area contributed by atoms with Gasteiger partial charge in [-0.1, -0.05) is 13.0 Å². The molecule has 1 heterocycles. The van der Waals surface area contributed by atoms with Crippen LogP contribution in [0.25, 0.3) is 0 Å². The summed E-state index contributed by atoms with van der Waals surface area (Å²) in [5.74, 6) is -1.27. The number of rotatable bonds is 3. The lowest BCUT2D eigenvalue weighted by atomic mass is 9.95. The third-order valence-corrected chi connectivity index (χ3v) is 3.74. The van der Waals surface area contributed by atoms with E-state index < -0.39 is 17.7 Å². The van der Waals surface area contributed by atoms with Crippen molar-refractivity contribution in [3.63, 3.8) is 0 Å². The fraction of sp³-hybridized carbons (Fsp3) is 0.533. The van der Waals surface area contributed by atoms with E-state index in [9.17, 15) is 13.6 Å². The van der Waals surface area contributed by atoms with Crippen LogP contribution < -0.4 is 5.73 Å². The first-order chi connectivity index (χ1) is 9.54. The summed E-state index contributed by atoms with van der Waals surface area (Å²) >= 11 is 0. The second-order valence-corrected chi connectivity index (χ2v) is 5.25. The van der Waals surface area contributed by atoms with Crippen LogP contribution in [-0.4, -0.2) is 23.4 Å². The molecule has 110 valence electrons. The minimum Gasteiger partial charge on any atom is -0.334 e. The maximum atomic E-state index is 14.0. The van der Waals surface area contributed by atoms with Gasteiger partial charge in [0, 0.05) is 30.6 Å². The molecular weight excluding hydrogens is 262 g/mol. The van der Waals surface area contributed by atoms with E-state index in [0.717, 1.165) is 12.5 Å². The molecule has 1 fully saturated rings. The van der Waals surface area contributed by atoms with Gasteiger partial charge in [0.2, 0.25) is 5.91 Å². The molecule has 3 nitrogen and oxygen atoms in total. The van der Waals surface area contributed by atoms with Crippen LogP contribution in [-0.2, 0) is 4.79 Å². The van der Waals surface area contributed by atoms with Crippen LogP contribution in [0.2, 0.25) is 0 Å². The lowest BCUT2D eigenvalue weighted by molar-refractivity contribution is -0.133. The van der Waals surface area contributed by atoms with Crippen molar-refractivity contribution in [1.82, 2.24) is 4.90 Å². The molecule has 0 spiro atoms. The summed E-state index contributed by atoms with van der Waals surface area (Å²) in [5.41, 5.74) is 6.45. The van der Waals surface area contributed by atoms with Crippen molar-refractivity contribution in [1.29, 1.82) is 0 Å². The Kier molecular flexibility index (Phi) is 4.70. The van der Waals surface area contributed by atoms with Crippen molar-refractivity contribution in [2.24, 2.45) is 5.73 Å². The summed E-state index contributed by atoms with van der Waals surface area (Å²) in [6.07, 6.45) is 2.58. The average Bonchev–Trinajstić information content (AvgIpc) is 2.52. The van der Waals surface area contributed by atoms with Crippen LogP contribution in [0.15, 0.2) is 18.2 Å². The molecule has 1 aromatic carbocycles. The smallest absolute Gasteiger partial charge is 0.223 e. The molecule has 1 aliphatic rings. The molecule has 0 bridgehead atoms. The van der Waals surface area contributed by atoms with Crippen molar-refractivity contribution < 1.29 is 13.6 Å². The van der Waals surface area contributed by atoms with Crippen molar-refractivity contribution in [2.45, 2.75) is 44.7 Å². The van der Waals surface area contributed by atoms with Gasteiger partial charge in [-0.15, -0.1) is 0 Å². The second kappa shape index (κ2) is 6.31. The molecule has 0 aromatic heterocycles. The first kappa shape index (κ1) is 14.9. The molecule has 0 saturated carbocycles. The zero-order valence-electron chi connectivity index (χ0n) is 11.6. The lowest BCUT2D eigenvalue weighted by Gasteiger charge is -2.34. The molecule has 1 aliphatic heterocycles. The highest BCUT2D eigenvalue weighted by molar-refractivity contribution is 5.77. The Bertz CT molecular complexity index is 493. The van der Waals surface area contributed by atoms with Gasteiger partial charge in [0.15, 0.2) is 0 Å². The number of nitrogens with two attached hydrogens (primary N) is 1. The van der Waals surface area contributed by atoms with Crippen molar-refractivity contribution >= 4 is 5.91 Å². The number of hydrogen-bond acceptors (Lipinski definition) is 2. The Morgan fingerprint density at radius 2 is 2.15 bits per heavy atom. The maximum Gasteiger partial charge on any atom is 0.223 e. The molecule has 20 heavy (non-hydrogen) atoms. The number of nitrogens with zero attached hydrogens (tertiary/aromatic N) is 1. The van der Waals surface area contributed by atoms with E-state index in [1.54, 1.807) is 4.90 Å². The van der Waals surface area contributed by atoms with Gasteiger partial charge in [-0.3, -0.25) is 4.79 Å². The fourth-order valence-electron chi connectivity index (χ4n) is 2.82. The molecule has 1 saturated heterocycles. The van der Waals surface area contributed by atoms with Crippen molar-refractivity contribution in [3.8, 4) is 0 Å². The van der Waals surface area contributed by atoms with Gasteiger partial charge in [0.25, 0.3) is 0 Å². The van der Waals surface area contributed by atoms with Crippen LogP contribution >= 0.6 is 0 Å². The molecule has 2 N–H and O–H groups in total. The Labute approximate surface area is 117 Å².